The number of urea groups is 1. The van der Waals surface area contributed by atoms with E-state index in [2.05, 4.69) is 20.4 Å². The highest BCUT2D eigenvalue weighted by Crippen LogP contribution is 2.29. The third kappa shape index (κ3) is 4.42. The van der Waals surface area contributed by atoms with Crippen LogP contribution in [0.5, 0.6) is 5.75 Å². The zero-order valence-corrected chi connectivity index (χ0v) is 17.2. The van der Waals surface area contributed by atoms with Crippen LogP contribution in [0.2, 0.25) is 0 Å². The molecule has 0 unspecified atom stereocenters. The second-order valence-electron chi connectivity index (χ2n) is 7.27. The van der Waals surface area contributed by atoms with Crippen LogP contribution in [-0.2, 0) is 0 Å². The van der Waals surface area contributed by atoms with Crippen molar-refractivity contribution in [3.05, 3.63) is 54.0 Å². The van der Waals surface area contributed by atoms with Crippen LogP contribution in [0.3, 0.4) is 0 Å². The number of hydrogen-bond donors (Lipinski definition) is 1. The van der Waals surface area contributed by atoms with Gasteiger partial charge >= 0.3 is 6.03 Å². The molecule has 8 nitrogen and oxygen atoms in total. The summed E-state index contributed by atoms with van der Waals surface area (Å²) in [5.74, 6) is 2.06. The monoisotopic (exact) mass is 407 g/mol. The summed E-state index contributed by atoms with van der Waals surface area (Å²) in [6.45, 7) is 5.78. The van der Waals surface area contributed by atoms with Gasteiger partial charge in [-0.25, -0.2) is 4.79 Å². The number of nitrogens with zero attached hydrogens (tertiary/aromatic N) is 4. The number of piperidine rings is 1. The zero-order valence-electron chi connectivity index (χ0n) is 17.2. The van der Waals surface area contributed by atoms with E-state index < -0.39 is 0 Å². The molecular weight excluding hydrogens is 382 g/mol. The highest BCUT2D eigenvalue weighted by atomic mass is 16.5. The minimum absolute atomic E-state index is 0.0968. The van der Waals surface area contributed by atoms with Crippen molar-refractivity contribution in [3.8, 4) is 17.3 Å². The van der Waals surface area contributed by atoms with Crippen molar-refractivity contribution in [2.45, 2.75) is 32.6 Å². The summed E-state index contributed by atoms with van der Waals surface area (Å²) in [5, 5.41) is 7.05. The maximum absolute atomic E-state index is 12.7. The lowest BCUT2D eigenvalue weighted by molar-refractivity contribution is 0.187. The highest BCUT2D eigenvalue weighted by molar-refractivity contribution is 5.90. The van der Waals surface area contributed by atoms with Gasteiger partial charge in [-0.2, -0.15) is 4.98 Å². The first-order chi connectivity index (χ1) is 14.6. The van der Waals surface area contributed by atoms with Crippen molar-refractivity contribution in [3.63, 3.8) is 0 Å². The van der Waals surface area contributed by atoms with Gasteiger partial charge in [0.25, 0.3) is 0 Å². The van der Waals surface area contributed by atoms with E-state index in [4.69, 9.17) is 9.26 Å². The Bertz CT molecular complexity index is 997. The zero-order chi connectivity index (χ0) is 20.9. The molecule has 1 aromatic carbocycles. The summed E-state index contributed by atoms with van der Waals surface area (Å²) in [5.41, 5.74) is 2.45. The van der Waals surface area contributed by atoms with Crippen LogP contribution in [-0.4, -0.2) is 45.8 Å². The lowest BCUT2D eigenvalue weighted by atomic mass is 9.97. The van der Waals surface area contributed by atoms with Gasteiger partial charge in [-0.1, -0.05) is 11.2 Å². The van der Waals surface area contributed by atoms with Gasteiger partial charge in [0.15, 0.2) is 0 Å². The number of anilines is 1. The molecule has 1 aliphatic heterocycles. The van der Waals surface area contributed by atoms with Crippen molar-refractivity contribution in [1.29, 1.82) is 0 Å². The Labute approximate surface area is 175 Å². The van der Waals surface area contributed by atoms with Gasteiger partial charge in [0.2, 0.25) is 11.7 Å². The number of aryl methyl sites for hydroxylation is 1. The van der Waals surface area contributed by atoms with Crippen LogP contribution in [0.1, 0.15) is 37.1 Å². The Morgan fingerprint density at radius 2 is 2.10 bits per heavy atom. The second kappa shape index (κ2) is 8.94. The normalized spacial score (nSPS) is 14.5. The summed E-state index contributed by atoms with van der Waals surface area (Å²) in [6.07, 6.45) is 3.26. The number of carbonyl (C=O) groups is 1. The molecule has 0 aliphatic carbocycles. The number of aromatic nitrogens is 3. The summed E-state index contributed by atoms with van der Waals surface area (Å²) < 4.78 is 11.0. The number of amides is 2. The van der Waals surface area contributed by atoms with E-state index in [1.54, 1.807) is 6.20 Å². The second-order valence-corrected chi connectivity index (χ2v) is 7.27. The molecule has 1 aliphatic rings. The maximum atomic E-state index is 12.7. The number of benzene rings is 1. The SMILES string of the molecule is CCOc1ccc(NC(=O)N2CCC(c3nc(-c4ccccn4)no3)CC2)c(C)c1. The molecule has 3 heterocycles. The van der Waals surface area contributed by atoms with Crippen LogP contribution in [0.4, 0.5) is 10.5 Å². The van der Waals surface area contributed by atoms with Crippen molar-refractivity contribution in [1.82, 2.24) is 20.0 Å². The van der Waals surface area contributed by atoms with Gasteiger partial charge in [0.1, 0.15) is 11.4 Å². The van der Waals surface area contributed by atoms with Crippen molar-refractivity contribution < 1.29 is 14.1 Å². The molecule has 0 bridgehead atoms. The van der Waals surface area contributed by atoms with Crippen LogP contribution < -0.4 is 10.1 Å². The van der Waals surface area contributed by atoms with Gasteiger partial charge in [-0.05, 0) is 62.6 Å². The number of hydrogen-bond acceptors (Lipinski definition) is 6. The fourth-order valence-corrected chi connectivity index (χ4v) is 3.56. The lowest BCUT2D eigenvalue weighted by Gasteiger charge is -2.30. The molecule has 8 heteroatoms. The number of likely N-dealkylation sites (tertiary alicyclic amines) is 1. The molecule has 2 amide bonds. The fourth-order valence-electron chi connectivity index (χ4n) is 3.56. The molecule has 30 heavy (non-hydrogen) atoms. The fraction of sp³-hybridized carbons (Fsp3) is 0.364. The number of ether oxygens (including phenoxy) is 1. The molecule has 1 N–H and O–H groups in total. The smallest absolute Gasteiger partial charge is 0.321 e. The minimum Gasteiger partial charge on any atom is -0.494 e. The predicted molar refractivity (Wildman–Crippen MR) is 112 cm³/mol. The molecule has 0 spiro atoms. The number of carbonyl (C=O) groups excluding carboxylic acids is 1. The van der Waals surface area contributed by atoms with Gasteiger partial charge in [-0.3, -0.25) is 4.98 Å². The molecule has 4 rings (SSSR count). The first-order valence-electron chi connectivity index (χ1n) is 10.2. The van der Waals surface area contributed by atoms with Gasteiger partial charge in [0.05, 0.1) is 6.61 Å². The number of nitrogens with one attached hydrogen (secondary N) is 1. The highest BCUT2D eigenvalue weighted by Gasteiger charge is 2.28. The van der Waals surface area contributed by atoms with E-state index in [-0.39, 0.29) is 11.9 Å². The number of rotatable bonds is 5. The Morgan fingerprint density at radius 1 is 1.27 bits per heavy atom. The van der Waals surface area contributed by atoms with Crippen LogP contribution in [0.25, 0.3) is 11.5 Å². The van der Waals surface area contributed by atoms with Crippen molar-refractivity contribution >= 4 is 11.7 Å². The van der Waals surface area contributed by atoms with Gasteiger partial charge < -0.3 is 19.5 Å². The molecule has 156 valence electrons. The maximum Gasteiger partial charge on any atom is 0.321 e. The molecular formula is C22H25N5O3. The van der Waals surface area contributed by atoms with E-state index in [9.17, 15) is 4.79 Å². The topological polar surface area (TPSA) is 93.4 Å². The quantitative estimate of drug-likeness (QED) is 0.680. The van der Waals surface area contributed by atoms with Crippen molar-refractivity contribution in [2.24, 2.45) is 0 Å². The molecule has 2 aromatic heterocycles. The van der Waals surface area contributed by atoms with Crippen LogP contribution in [0.15, 0.2) is 47.1 Å². The minimum atomic E-state index is -0.0968. The predicted octanol–water partition coefficient (Wildman–Crippen LogP) is 4.25. The Hall–Kier alpha value is -3.42. The summed E-state index contributed by atoms with van der Waals surface area (Å²) in [6, 6.07) is 11.2. The van der Waals surface area contributed by atoms with E-state index in [1.165, 1.54) is 0 Å². The van der Waals surface area contributed by atoms with Crippen LogP contribution >= 0.6 is 0 Å². The van der Waals surface area contributed by atoms with E-state index >= 15 is 0 Å². The summed E-state index contributed by atoms with van der Waals surface area (Å²) in [7, 11) is 0. The molecule has 3 aromatic rings. The Kier molecular flexibility index (Phi) is 5.92. The van der Waals surface area contributed by atoms with E-state index in [1.807, 2.05) is 55.1 Å². The third-order valence-corrected chi connectivity index (χ3v) is 5.22. The first kappa shape index (κ1) is 19.9. The average molecular weight is 407 g/mol. The molecule has 0 radical (unpaired) electrons. The van der Waals surface area contributed by atoms with Gasteiger partial charge in [-0.15, -0.1) is 0 Å². The summed E-state index contributed by atoms with van der Waals surface area (Å²) in [4.78, 5) is 23.3. The van der Waals surface area contributed by atoms with E-state index in [0.717, 1.165) is 29.8 Å². The standard InChI is InChI=1S/C22H25N5O3/c1-3-29-17-7-8-18(15(2)14-17)24-22(28)27-12-9-16(10-13-27)21-25-20(26-30-21)19-6-4-5-11-23-19/h4-8,11,14,16H,3,9-10,12-13H2,1-2H3,(H,24,28). The Morgan fingerprint density at radius 3 is 2.80 bits per heavy atom. The Balaban J connectivity index is 1.33. The van der Waals surface area contributed by atoms with E-state index in [0.29, 0.717) is 37.1 Å². The third-order valence-electron chi connectivity index (χ3n) is 5.22. The molecule has 0 saturated carbocycles. The first-order valence-corrected chi connectivity index (χ1v) is 10.2. The van der Waals surface area contributed by atoms with Gasteiger partial charge in [0, 0.05) is 30.9 Å². The van der Waals surface area contributed by atoms with Crippen molar-refractivity contribution in [2.75, 3.05) is 25.0 Å². The summed E-state index contributed by atoms with van der Waals surface area (Å²) >= 11 is 0. The molecule has 1 fully saturated rings. The largest absolute Gasteiger partial charge is 0.494 e. The lowest BCUT2D eigenvalue weighted by Crippen LogP contribution is -2.40. The molecule has 1 saturated heterocycles. The average Bonchev–Trinajstić information content (AvgIpc) is 3.27. The molecule has 0 atom stereocenters. The number of pyridine rings is 1. The van der Waals surface area contributed by atoms with Crippen LogP contribution in [0, 0.1) is 6.92 Å².